The maximum atomic E-state index is 4.27. The van der Waals surface area contributed by atoms with Crippen LogP contribution in [0, 0.1) is 0 Å². The molecule has 0 rings (SSSR count). The molecule has 0 saturated carbocycles. The van der Waals surface area contributed by atoms with Gasteiger partial charge in [-0.1, -0.05) is 25.4 Å². The van der Waals surface area contributed by atoms with E-state index in [1.807, 2.05) is 7.05 Å². The lowest BCUT2D eigenvalue weighted by Gasteiger charge is -2.24. The van der Waals surface area contributed by atoms with Crippen LogP contribution in [0.2, 0.25) is 11.6 Å². The summed E-state index contributed by atoms with van der Waals surface area (Å²) in [5.74, 6) is 4.69. The van der Waals surface area contributed by atoms with E-state index in [1.54, 1.807) is 0 Å². The average Bonchev–Trinajstić information content (AvgIpc) is 2.19. The Hall–Kier alpha value is -0.258. The van der Waals surface area contributed by atoms with Crippen LogP contribution in [-0.4, -0.2) is 38.1 Å². The molecule has 0 atom stereocenters. The Kier molecular flexibility index (Phi) is 6.96. The highest BCUT2D eigenvalue weighted by atomic mass is 27.2. The SMILES string of the molecule is CCC(/C=C(/CC)[N](C)[Al]([CH3])[CH3])=NC. The van der Waals surface area contributed by atoms with Gasteiger partial charge in [0, 0.05) is 12.8 Å². The molecule has 0 aromatic heterocycles. The third kappa shape index (κ3) is 4.30. The minimum atomic E-state index is -0.711. The van der Waals surface area contributed by atoms with Crippen LogP contribution in [0.15, 0.2) is 16.8 Å². The van der Waals surface area contributed by atoms with Crippen molar-refractivity contribution in [3.05, 3.63) is 11.8 Å². The lowest BCUT2D eigenvalue weighted by Crippen LogP contribution is -2.29. The fourth-order valence-electron chi connectivity index (χ4n) is 1.30. The van der Waals surface area contributed by atoms with Gasteiger partial charge in [-0.3, -0.25) is 4.99 Å². The molecule has 0 saturated heterocycles. The van der Waals surface area contributed by atoms with E-state index < -0.39 is 14.4 Å². The number of rotatable bonds is 5. The van der Waals surface area contributed by atoms with Gasteiger partial charge in [0.15, 0.2) is 0 Å². The van der Waals surface area contributed by atoms with Gasteiger partial charge in [0.05, 0.1) is 0 Å². The van der Waals surface area contributed by atoms with Crippen LogP contribution >= 0.6 is 0 Å². The third-order valence-corrected chi connectivity index (χ3v) is 4.45. The predicted molar refractivity (Wildman–Crippen MR) is 67.3 cm³/mol. The number of hydrogen-bond donors (Lipinski definition) is 0. The monoisotopic (exact) mass is 210 g/mol. The molecule has 0 aliphatic rings. The van der Waals surface area contributed by atoms with Crippen molar-refractivity contribution in [1.82, 2.24) is 3.88 Å². The Balaban J connectivity index is 4.70. The molecular formula is C11H23AlN2. The molecule has 0 N–H and O–H groups in total. The maximum Gasteiger partial charge on any atom is 0.406 e. The van der Waals surface area contributed by atoms with Crippen LogP contribution in [0.5, 0.6) is 0 Å². The van der Waals surface area contributed by atoms with Gasteiger partial charge in [-0.25, -0.2) is 0 Å². The van der Waals surface area contributed by atoms with E-state index in [1.165, 1.54) is 11.4 Å². The second-order valence-corrected chi connectivity index (χ2v) is 6.72. The Morgan fingerprint density at radius 2 is 1.86 bits per heavy atom. The van der Waals surface area contributed by atoms with Crippen molar-refractivity contribution >= 4 is 20.1 Å². The third-order valence-electron chi connectivity index (χ3n) is 2.57. The highest BCUT2D eigenvalue weighted by Crippen LogP contribution is 2.09. The zero-order valence-electron chi connectivity index (χ0n) is 10.5. The molecule has 0 spiro atoms. The molecule has 2 nitrogen and oxygen atoms in total. The van der Waals surface area contributed by atoms with Crippen molar-refractivity contribution in [2.75, 3.05) is 14.1 Å². The van der Waals surface area contributed by atoms with Crippen molar-refractivity contribution in [1.29, 1.82) is 0 Å². The summed E-state index contributed by atoms with van der Waals surface area (Å²) in [7, 11) is 4.07. The van der Waals surface area contributed by atoms with Crippen molar-refractivity contribution in [3.63, 3.8) is 0 Å². The first-order chi connectivity index (χ1) is 6.56. The zero-order chi connectivity index (χ0) is 11.1. The van der Waals surface area contributed by atoms with E-state index in [4.69, 9.17) is 0 Å². The van der Waals surface area contributed by atoms with Gasteiger partial charge in [-0.15, -0.1) is 0 Å². The fourth-order valence-corrected chi connectivity index (χ4v) is 2.22. The Morgan fingerprint density at radius 1 is 1.29 bits per heavy atom. The number of hydrogen-bond acceptors (Lipinski definition) is 2. The smallest absolute Gasteiger partial charge is 0.406 e. The van der Waals surface area contributed by atoms with Crippen molar-refractivity contribution in [3.8, 4) is 0 Å². The van der Waals surface area contributed by atoms with E-state index in [0.717, 1.165) is 12.8 Å². The summed E-state index contributed by atoms with van der Waals surface area (Å²) < 4.78 is 2.45. The van der Waals surface area contributed by atoms with Gasteiger partial charge in [0.1, 0.15) is 0 Å². The maximum absolute atomic E-state index is 4.27. The Labute approximate surface area is 93.3 Å². The van der Waals surface area contributed by atoms with Gasteiger partial charge in [-0.05, 0) is 31.7 Å². The molecule has 3 heteroatoms. The summed E-state index contributed by atoms with van der Waals surface area (Å²) in [5.41, 5.74) is 2.62. The Morgan fingerprint density at radius 3 is 2.14 bits per heavy atom. The molecule has 0 bridgehead atoms. The summed E-state index contributed by atoms with van der Waals surface area (Å²) in [6, 6.07) is 0. The number of allylic oxidation sites excluding steroid dienone is 2. The molecule has 14 heavy (non-hydrogen) atoms. The minimum absolute atomic E-state index is 0.711. The number of nitrogens with zero attached hydrogens (tertiary/aromatic N) is 2. The fraction of sp³-hybridized carbons (Fsp3) is 0.727. The average molecular weight is 210 g/mol. The van der Waals surface area contributed by atoms with Crippen LogP contribution in [0.3, 0.4) is 0 Å². The first kappa shape index (κ1) is 13.7. The van der Waals surface area contributed by atoms with Gasteiger partial charge in [0.25, 0.3) is 0 Å². The first-order valence-electron chi connectivity index (χ1n) is 5.45. The van der Waals surface area contributed by atoms with E-state index in [-0.39, 0.29) is 0 Å². The molecule has 0 unspecified atom stereocenters. The first-order valence-corrected chi connectivity index (χ1v) is 8.28. The highest BCUT2D eigenvalue weighted by Gasteiger charge is 2.12. The van der Waals surface area contributed by atoms with Crippen LogP contribution in [0.25, 0.3) is 0 Å². The summed E-state index contributed by atoms with van der Waals surface area (Å²) in [6.45, 7) is 4.36. The lowest BCUT2D eigenvalue weighted by molar-refractivity contribution is 0.621. The molecule has 0 amide bonds. The second kappa shape index (κ2) is 7.09. The molecule has 0 fully saturated rings. The topological polar surface area (TPSA) is 15.6 Å². The zero-order valence-corrected chi connectivity index (χ0v) is 11.6. The van der Waals surface area contributed by atoms with Gasteiger partial charge >= 0.3 is 14.4 Å². The summed E-state index contributed by atoms with van der Waals surface area (Å²) in [5, 5.41) is 0. The summed E-state index contributed by atoms with van der Waals surface area (Å²) >= 11 is -0.711. The quantitative estimate of drug-likeness (QED) is 0.503. The summed E-state index contributed by atoms with van der Waals surface area (Å²) in [4.78, 5) is 4.27. The molecule has 0 aromatic carbocycles. The summed E-state index contributed by atoms with van der Waals surface area (Å²) in [6.07, 6.45) is 4.36. The normalized spacial score (nSPS) is 13.0. The van der Waals surface area contributed by atoms with Crippen molar-refractivity contribution < 1.29 is 0 Å². The number of aliphatic imine (C=N–C) groups is 1. The molecule has 0 aromatic rings. The van der Waals surface area contributed by atoms with E-state index in [2.05, 4.69) is 47.4 Å². The standard InChI is InChI=1S/C9H17N2.2CH3.Al/c1-5-8(10-3)7-9(6-2)11-4;;;/h7H,5-6H2,1-4H3;2*1H3;/q-1;;;+1/b8-7-,11-9?;;;. The predicted octanol–water partition coefficient (Wildman–Crippen LogP) is 2.94. The Bertz CT molecular complexity index is 219. The molecule has 0 radical (unpaired) electrons. The van der Waals surface area contributed by atoms with E-state index >= 15 is 0 Å². The molecule has 0 heterocycles. The van der Waals surface area contributed by atoms with Crippen LogP contribution in [-0.2, 0) is 0 Å². The van der Waals surface area contributed by atoms with Crippen molar-refractivity contribution in [2.45, 2.75) is 38.3 Å². The highest BCUT2D eigenvalue weighted by molar-refractivity contribution is 6.53. The van der Waals surface area contributed by atoms with Gasteiger partial charge in [-0.2, -0.15) is 0 Å². The van der Waals surface area contributed by atoms with Crippen LogP contribution in [0.4, 0.5) is 0 Å². The van der Waals surface area contributed by atoms with Gasteiger partial charge in [0.2, 0.25) is 0 Å². The largest absolute Gasteiger partial charge is 0.469 e. The van der Waals surface area contributed by atoms with Crippen LogP contribution in [0.1, 0.15) is 26.7 Å². The second-order valence-electron chi connectivity index (χ2n) is 3.76. The van der Waals surface area contributed by atoms with Crippen LogP contribution < -0.4 is 0 Å². The molecule has 0 aliphatic carbocycles. The lowest BCUT2D eigenvalue weighted by atomic mass is 10.2. The van der Waals surface area contributed by atoms with Crippen molar-refractivity contribution in [2.24, 2.45) is 4.99 Å². The van der Waals surface area contributed by atoms with E-state index in [9.17, 15) is 0 Å². The van der Waals surface area contributed by atoms with E-state index in [0.29, 0.717) is 0 Å². The minimum Gasteiger partial charge on any atom is -0.469 e. The molecule has 80 valence electrons. The van der Waals surface area contributed by atoms with Gasteiger partial charge < -0.3 is 3.88 Å². The molecule has 0 aliphatic heterocycles. The molecular weight excluding hydrogens is 187 g/mol.